The van der Waals surface area contributed by atoms with E-state index in [-0.39, 0.29) is 5.91 Å². The van der Waals surface area contributed by atoms with Crippen LogP contribution >= 0.6 is 0 Å². The van der Waals surface area contributed by atoms with Crippen LogP contribution in [0.2, 0.25) is 0 Å². The van der Waals surface area contributed by atoms with E-state index in [2.05, 4.69) is 12.1 Å². The third-order valence-corrected chi connectivity index (χ3v) is 5.19. The molecule has 29 heavy (non-hydrogen) atoms. The molecule has 1 saturated heterocycles. The third-order valence-electron chi connectivity index (χ3n) is 5.19. The van der Waals surface area contributed by atoms with Crippen LogP contribution < -0.4 is 18.9 Å². The predicted molar refractivity (Wildman–Crippen MR) is 112 cm³/mol. The number of nitrogens with zero attached hydrogens (tertiary/aromatic N) is 1. The zero-order valence-corrected chi connectivity index (χ0v) is 17.3. The van der Waals surface area contributed by atoms with Crippen LogP contribution in [0, 0.1) is 0 Å². The monoisotopic (exact) mass is 397 g/mol. The number of likely N-dealkylation sites (tertiary alicyclic amines) is 1. The Balaban J connectivity index is 1.68. The molecule has 0 radical (unpaired) electrons. The Morgan fingerprint density at radius 2 is 1.62 bits per heavy atom. The maximum absolute atomic E-state index is 12.7. The first-order chi connectivity index (χ1) is 14.1. The third kappa shape index (κ3) is 4.65. The highest BCUT2D eigenvalue weighted by Crippen LogP contribution is 2.38. The molecule has 0 spiro atoms. The molecule has 2 aromatic carbocycles. The second-order valence-electron chi connectivity index (χ2n) is 6.84. The molecule has 0 bridgehead atoms. The van der Waals surface area contributed by atoms with E-state index in [9.17, 15) is 4.79 Å². The molecule has 3 rings (SSSR count). The number of ether oxygens (including phenoxy) is 4. The van der Waals surface area contributed by atoms with Gasteiger partial charge in [0.05, 0.1) is 28.4 Å². The lowest BCUT2D eigenvalue weighted by Crippen LogP contribution is -2.26. The second-order valence-corrected chi connectivity index (χ2v) is 6.84. The van der Waals surface area contributed by atoms with Gasteiger partial charge in [0.2, 0.25) is 11.7 Å². The van der Waals surface area contributed by atoms with E-state index in [0.717, 1.165) is 24.3 Å². The normalized spacial score (nSPS) is 16.1. The van der Waals surface area contributed by atoms with E-state index in [1.807, 2.05) is 29.2 Å². The van der Waals surface area contributed by atoms with Crippen LogP contribution in [0.1, 0.15) is 23.5 Å². The van der Waals surface area contributed by atoms with E-state index < -0.39 is 0 Å². The van der Waals surface area contributed by atoms with Gasteiger partial charge in [0.25, 0.3) is 0 Å². The zero-order chi connectivity index (χ0) is 20.8. The first kappa shape index (κ1) is 20.6. The van der Waals surface area contributed by atoms with E-state index in [1.54, 1.807) is 40.6 Å². The average molecular weight is 397 g/mol. The van der Waals surface area contributed by atoms with Crippen LogP contribution in [0.25, 0.3) is 6.08 Å². The fourth-order valence-corrected chi connectivity index (χ4v) is 3.58. The number of carbonyl (C=O) groups is 1. The van der Waals surface area contributed by atoms with Crippen molar-refractivity contribution in [2.45, 2.75) is 12.3 Å². The molecule has 1 aliphatic heterocycles. The zero-order valence-electron chi connectivity index (χ0n) is 17.3. The van der Waals surface area contributed by atoms with Crippen molar-refractivity contribution in [3.63, 3.8) is 0 Å². The number of hydrogen-bond donors (Lipinski definition) is 0. The topological polar surface area (TPSA) is 57.2 Å². The molecule has 2 aromatic rings. The van der Waals surface area contributed by atoms with Crippen LogP contribution in [-0.2, 0) is 4.79 Å². The van der Waals surface area contributed by atoms with Crippen LogP contribution in [0.15, 0.2) is 42.5 Å². The summed E-state index contributed by atoms with van der Waals surface area (Å²) in [4.78, 5) is 14.5. The largest absolute Gasteiger partial charge is 0.497 e. The minimum Gasteiger partial charge on any atom is -0.497 e. The summed E-state index contributed by atoms with van der Waals surface area (Å²) in [6.07, 6.45) is 4.32. The number of benzene rings is 2. The fourth-order valence-electron chi connectivity index (χ4n) is 3.58. The highest BCUT2D eigenvalue weighted by atomic mass is 16.5. The van der Waals surface area contributed by atoms with E-state index in [1.165, 1.54) is 5.56 Å². The van der Waals surface area contributed by atoms with Gasteiger partial charge in [0.1, 0.15) is 5.75 Å². The van der Waals surface area contributed by atoms with Gasteiger partial charge in [0.15, 0.2) is 11.5 Å². The van der Waals surface area contributed by atoms with Gasteiger partial charge in [-0.05, 0) is 47.9 Å². The molecule has 0 saturated carbocycles. The molecule has 6 heteroatoms. The molecule has 6 nitrogen and oxygen atoms in total. The number of hydrogen-bond acceptors (Lipinski definition) is 5. The molecule has 1 atom stereocenters. The molecule has 1 unspecified atom stereocenters. The summed E-state index contributed by atoms with van der Waals surface area (Å²) in [5, 5.41) is 0. The summed E-state index contributed by atoms with van der Waals surface area (Å²) >= 11 is 0. The van der Waals surface area contributed by atoms with Gasteiger partial charge in [-0.3, -0.25) is 4.79 Å². The summed E-state index contributed by atoms with van der Waals surface area (Å²) < 4.78 is 21.3. The molecule has 1 amide bonds. The Morgan fingerprint density at radius 3 is 2.17 bits per heavy atom. The lowest BCUT2D eigenvalue weighted by Gasteiger charge is -2.15. The predicted octanol–water partition coefficient (Wildman–Crippen LogP) is 3.75. The first-order valence-electron chi connectivity index (χ1n) is 9.50. The average Bonchev–Trinajstić information content (AvgIpc) is 3.27. The Labute approximate surface area is 171 Å². The van der Waals surface area contributed by atoms with Gasteiger partial charge in [-0.1, -0.05) is 12.1 Å². The molecule has 0 N–H and O–H groups in total. The number of amides is 1. The first-order valence-corrected chi connectivity index (χ1v) is 9.50. The Morgan fingerprint density at radius 1 is 0.966 bits per heavy atom. The van der Waals surface area contributed by atoms with Crippen molar-refractivity contribution >= 4 is 12.0 Å². The van der Waals surface area contributed by atoms with Crippen LogP contribution in [0.4, 0.5) is 0 Å². The van der Waals surface area contributed by atoms with Crippen molar-refractivity contribution < 1.29 is 23.7 Å². The van der Waals surface area contributed by atoms with Crippen LogP contribution in [0.5, 0.6) is 23.0 Å². The standard InChI is InChI=1S/C23H27NO5/c1-26-19-8-6-17(7-9-19)18-11-12-24(15-18)22(25)10-5-16-13-20(27-2)23(29-4)21(14-16)28-3/h5-10,13-14,18H,11-12,15H2,1-4H3/b10-5+. The van der Waals surface area contributed by atoms with Crippen molar-refractivity contribution in [1.29, 1.82) is 0 Å². The maximum atomic E-state index is 12.7. The van der Waals surface area contributed by atoms with Gasteiger partial charge in [-0.15, -0.1) is 0 Å². The van der Waals surface area contributed by atoms with E-state index >= 15 is 0 Å². The molecule has 154 valence electrons. The Hall–Kier alpha value is -3.15. The molecule has 0 aliphatic carbocycles. The molecule has 0 aromatic heterocycles. The molecule has 1 heterocycles. The smallest absolute Gasteiger partial charge is 0.246 e. The maximum Gasteiger partial charge on any atom is 0.246 e. The lowest BCUT2D eigenvalue weighted by molar-refractivity contribution is -0.124. The van der Waals surface area contributed by atoms with E-state index in [4.69, 9.17) is 18.9 Å². The second kappa shape index (κ2) is 9.37. The SMILES string of the molecule is COc1ccc(C2CCN(C(=O)/C=C/c3cc(OC)c(OC)c(OC)c3)C2)cc1. The Kier molecular flexibility index (Phi) is 6.65. The summed E-state index contributed by atoms with van der Waals surface area (Å²) in [5.41, 5.74) is 2.04. The highest BCUT2D eigenvalue weighted by molar-refractivity contribution is 5.92. The molecule has 1 aliphatic rings. The van der Waals surface area contributed by atoms with E-state index in [0.29, 0.717) is 29.7 Å². The summed E-state index contributed by atoms with van der Waals surface area (Å²) in [7, 11) is 6.36. The summed E-state index contributed by atoms with van der Waals surface area (Å²) in [6.45, 7) is 1.46. The highest BCUT2D eigenvalue weighted by Gasteiger charge is 2.26. The fraction of sp³-hybridized carbons (Fsp3) is 0.348. The van der Waals surface area contributed by atoms with Crippen LogP contribution in [0.3, 0.4) is 0 Å². The number of rotatable bonds is 7. The van der Waals surface area contributed by atoms with Gasteiger partial charge in [-0.2, -0.15) is 0 Å². The van der Waals surface area contributed by atoms with Crippen molar-refractivity contribution in [1.82, 2.24) is 4.90 Å². The van der Waals surface area contributed by atoms with Crippen molar-refractivity contribution in [2.24, 2.45) is 0 Å². The number of carbonyl (C=O) groups excluding carboxylic acids is 1. The lowest BCUT2D eigenvalue weighted by atomic mass is 9.98. The minimum atomic E-state index is -0.00485. The number of methoxy groups -OCH3 is 4. The van der Waals surface area contributed by atoms with Crippen molar-refractivity contribution in [3.05, 3.63) is 53.6 Å². The summed E-state index contributed by atoms with van der Waals surface area (Å²) in [6, 6.07) is 11.7. The van der Waals surface area contributed by atoms with Gasteiger partial charge in [0, 0.05) is 25.1 Å². The van der Waals surface area contributed by atoms with Gasteiger partial charge < -0.3 is 23.8 Å². The van der Waals surface area contributed by atoms with Gasteiger partial charge in [-0.25, -0.2) is 0 Å². The van der Waals surface area contributed by atoms with Gasteiger partial charge >= 0.3 is 0 Å². The minimum absolute atomic E-state index is 0.00485. The van der Waals surface area contributed by atoms with Crippen LogP contribution in [-0.4, -0.2) is 52.3 Å². The quantitative estimate of drug-likeness (QED) is 0.666. The molecular formula is C23H27NO5. The molecular weight excluding hydrogens is 370 g/mol. The summed E-state index contributed by atoms with van der Waals surface area (Å²) in [5.74, 6) is 2.82. The Bertz CT molecular complexity index is 850. The molecule has 1 fully saturated rings. The van der Waals surface area contributed by atoms with Crippen molar-refractivity contribution in [2.75, 3.05) is 41.5 Å². The van der Waals surface area contributed by atoms with Crippen molar-refractivity contribution in [3.8, 4) is 23.0 Å².